The van der Waals surface area contributed by atoms with Crippen LogP contribution in [0.15, 0.2) is 23.1 Å². The summed E-state index contributed by atoms with van der Waals surface area (Å²) in [5.41, 5.74) is 3.28. The van der Waals surface area contributed by atoms with E-state index < -0.39 is 13.3 Å². The highest BCUT2D eigenvalue weighted by atomic mass is 32.4. The Bertz CT molecular complexity index is 685. The van der Waals surface area contributed by atoms with Crippen molar-refractivity contribution in [1.82, 2.24) is 4.90 Å². The number of fused-ring (bicyclic) bond motifs is 3. The SMILES string of the molecule is CC(C)[Si](Sc1ccc2c(c1)OCC1C2CCN1C(=O)O)(C(C)C)C(C)C. The number of hydrogen-bond acceptors (Lipinski definition) is 3. The lowest BCUT2D eigenvalue weighted by Gasteiger charge is -2.42. The number of amides is 1. The maximum absolute atomic E-state index is 11.4. The van der Waals surface area contributed by atoms with Crippen LogP contribution in [0.5, 0.6) is 5.75 Å². The van der Waals surface area contributed by atoms with E-state index in [0.717, 1.165) is 12.2 Å². The Balaban J connectivity index is 1.89. The molecule has 1 aromatic rings. The zero-order chi connectivity index (χ0) is 19.9. The van der Waals surface area contributed by atoms with Gasteiger partial charge < -0.3 is 14.7 Å². The number of ether oxygens (including phenoxy) is 1. The highest BCUT2D eigenvalue weighted by Crippen LogP contribution is 2.53. The van der Waals surface area contributed by atoms with E-state index in [4.69, 9.17) is 4.74 Å². The van der Waals surface area contributed by atoms with Crippen molar-refractivity contribution in [2.24, 2.45) is 0 Å². The third-order valence-electron chi connectivity index (χ3n) is 6.59. The van der Waals surface area contributed by atoms with E-state index in [-0.39, 0.29) is 12.0 Å². The molecule has 4 nitrogen and oxygen atoms in total. The highest BCUT2D eigenvalue weighted by Gasteiger charge is 2.45. The Labute approximate surface area is 168 Å². The zero-order valence-corrected chi connectivity index (χ0v) is 19.2. The highest BCUT2D eigenvalue weighted by molar-refractivity contribution is 8.29. The van der Waals surface area contributed by atoms with Crippen LogP contribution in [0.3, 0.4) is 0 Å². The molecule has 2 atom stereocenters. The molecule has 3 rings (SSSR count). The minimum Gasteiger partial charge on any atom is -0.491 e. The second-order valence-corrected chi connectivity index (χ2v) is 17.4. The summed E-state index contributed by atoms with van der Waals surface area (Å²) in [6, 6.07) is 6.62. The molecular weight excluding hydrogens is 374 g/mol. The van der Waals surface area contributed by atoms with Gasteiger partial charge >= 0.3 is 6.09 Å². The van der Waals surface area contributed by atoms with E-state index in [1.165, 1.54) is 10.5 Å². The molecule has 0 bridgehead atoms. The van der Waals surface area contributed by atoms with Crippen LogP contribution >= 0.6 is 11.2 Å². The van der Waals surface area contributed by atoms with Gasteiger partial charge in [0.05, 0.1) is 6.04 Å². The van der Waals surface area contributed by atoms with Crippen LogP contribution in [0.4, 0.5) is 4.79 Å². The smallest absolute Gasteiger partial charge is 0.407 e. The number of carbonyl (C=O) groups is 1. The van der Waals surface area contributed by atoms with Crippen molar-refractivity contribution >= 4 is 24.5 Å². The fourth-order valence-corrected chi connectivity index (χ4v) is 14.5. The molecule has 27 heavy (non-hydrogen) atoms. The van der Waals surface area contributed by atoms with Gasteiger partial charge in [-0.05, 0) is 40.7 Å². The van der Waals surface area contributed by atoms with Gasteiger partial charge in [-0.25, -0.2) is 4.79 Å². The molecule has 1 saturated heterocycles. The van der Waals surface area contributed by atoms with Gasteiger partial charge in [0.1, 0.15) is 19.6 Å². The molecule has 1 N–H and O–H groups in total. The minimum absolute atomic E-state index is 0.0380. The fraction of sp³-hybridized carbons (Fsp3) is 0.667. The maximum Gasteiger partial charge on any atom is 0.407 e. The molecule has 2 aliphatic rings. The van der Waals surface area contributed by atoms with Crippen molar-refractivity contribution in [2.45, 2.75) is 81.4 Å². The predicted molar refractivity (Wildman–Crippen MR) is 115 cm³/mol. The topological polar surface area (TPSA) is 49.8 Å². The number of likely N-dealkylation sites (tertiary alicyclic amines) is 1. The lowest BCUT2D eigenvalue weighted by molar-refractivity contribution is 0.113. The summed E-state index contributed by atoms with van der Waals surface area (Å²) < 4.78 is 6.05. The van der Waals surface area contributed by atoms with Gasteiger partial charge in [0, 0.05) is 17.4 Å². The molecule has 0 spiro atoms. The molecule has 1 fully saturated rings. The largest absolute Gasteiger partial charge is 0.491 e. The Morgan fingerprint density at radius 2 is 1.81 bits per heavy atom. The van der Waals surface area contributed by atoms with Crippen LogP contribution in [0.25, 0.3) is 0 Å². The number of benzene rings is 1. The molecular formula is C21H33NO3SSi. The molecule has 2 heterocycles. The van der Waals surface area contributed by atoms with E-state index in [2.05, 4.69) is 71.0 Å². The molecule has 1 aromatic carbocycles. The lowest BCUT2D eigenvalue weighted by atomic mass is 9.89. The Morgan fingerprint density at radius 1 is 1.19 bits per heavy atom. The van der Waals surface area contributed by atoms with Crippen molar-refractivity contribution < 1.29 is 14.6 Å². The fourth-order valence-electron chi connectivity index (χ4n) is 5.40. The van der Waals surface area contributed by atoms with Crippen LogP contribution in [0, 0.1) is 0 Å². The van der Waals surface area contributed by atoms with Gasteiger partial charge in [-0.15, -0.1) is 0 Å². The Kier molecular flexibility index (Phi) is 5.87. The molecule has 0 aliphatic carbocycles. The molecule has 150 valence electrons. The van der Waals surface area contributed by atoms with Crippen LogP contribution in [0.2, 0.25) is 16.6 Å². The van der Waals surface area contributed by atoms with Gasteiger partial charge in [-0.1, -0.05) is 47.6 Å². The second kappa shape index (κ2) is 7.70. The third kappa shape index (κ3) is 3.51. The summed E-state index contributed by atoms with van der Waals surface area (Å²) in [5.74, 6) is 1.24. The first-order valence-electron chi connectivity index (χ1n) is 10.1. The van der Waals surface area contributed by atoms with E-state index in [1.54, 1.807) is 4.90 Å². The van der Waals surface area contributed by atoms with Gasteiger partial charge in [-0.3, -0.25) is 0 Å². The van der Waals surface area contributed by atoms with Gasteiger partial charge in [0.25, 0.3) is 0 Å². The monoisotopic (exact) mass is 407 g/mol. The van der Waals surface area contributed by atoms with Crippen molar-refractivity contribution in [3.63, 3.8) is 0 Å². The predicted octanol–water partition coefficient (Wildman–Crippen LogP) is 6.18. The van der Waals surface area contributed by atoms with Crippen molar-refractivity contribution in [2.75, 3.05) is 13.2 Å². The number of rotatable bonds is 5. The van der Waals surface area contributed by atoms with Crippen LogP contribution in [0.1, 0.15) is 59.4 Å². The second-order valence-electron chi connectivity index (χ2n) is 8.87. The molecule has 0 saturated carbocycles. The molecule has 0 aromatic heterocycles. The summed E-state index contributed by atoms with van der Waals surface area (Å²) in [4.78, 5) is 14.3. The van der Waals surface area contributed by atoms with Crippen LogP contribution < -0.4 is 4.74 Å². The Morgan fingerprint density at radius 3 is 2.37 bits per heavy atom. The summed E-state index contributed by atoms with van der Waals surface area (Å²) in [5, 5.41) is 9.40. The van der Waals surface area contributed by atoms with Gasteiger partial charge in [0.15, 0.2) is 0 Å². The maximum atomic E-state index is 11.4. The third-order valence-corrected chi connectivity index (χ3v) is 18.9. The summed E-state index contributed by atoms with van der Waals surface area (Å²) >= 11 is 2.12. The zero-order valence-electron chi connectivity index (χ0n) is 17.4. The van der Waals surface area contributed by atoms with Crippen molar-refractivity contribution in [1.29, 1.82) is 0 Å². The van der Waals surface area contributed by atoms with Gasteiger partial charge in [-0.2, -0.15) is 11.2 Å². The summed E-state index contributed by atoms with van der Waals surface area (Å²) in [6.45, 7) is 15.4. The van der Waals surface area contributed by atoms with E-state index in [0.29, 0.717) is 29.8 Å². The van der Waals surface area contributed by atoms with Crippen molar-refractivity contribution in [3.8, 4) is 5.75 Å². The molecule has 1 amide bonds. The van der Waals surface area contributed by atoms with Crippen molar-refractivity contribution in [3.05, 3.63) is 23.8 Å². The normalized spacial score (nSPS) is 22.2. The quantitative estimate of drug-likeness (QED) is 0.592. The first-order chi connectivity index (χ1) is 12.7. The van der Waals surface area contributed by atoms with E-state index >= 15 is 0 Å². The van der Waals surface area contributed by atoms with E-state index in [9.17, 15) is 9.90 Å². The number of nitrogens with zero attached hydrogens (tertiary/aromatic N) is 1. The van der Waals surface area contributed by atoms with Gasteiger partial charge in [0.2, 0.25) is 0 Å². The lowest BCUT2D eigenvalue weighted by Crippen LogP contribution is -2.42. The average Bonchev–Trinajstić information content (AvgIpc) is 3.03. The molecule has 6 heteroatoms. The number of hydrogen-bond donors (Lipinski definition) is 1. The molecule has 2 aliphatic heterocycles. The Hall–Kier alpha value is -1.14. The molecule has 2 unspecified atom stereocenters. The van der Waals surface area contributed by atoms with Crippen LogP contribution in [-0.2, 0) is 0 Å². The summed E-state index contributed by atoms with van der Waals surface area (Å²) in [6.07, 6.45) is 0.0611. The van der Waals surface area contributed by atoms with E-state index in [1.807, 2.05) is 0 Å². The van der Waals surface area contributed by atoms with Crippen LogP contribution in [-0.4, -0.2) is 42.5 Å². The number of carboxylic acid groups (broad SMARTS) is 1. The first-order valence-corrected chi connectivity index (χ1v) is 13.9. The molecule has 0 radical (unpaired) electrons. The minimum atomic E-state index is -1.59. The first kappa shape index (κ1) is 20.6. The average molecular weight is 408 g/mol. The standard InChI is InChI=1S/C21H33NO3SSi/c1-13(2)27(14(3)4,15(5)6)26-16-7-8-18-17-9-10-22(21(23)24)19(17)12-25-20(18)11-16/h7-8,11,13-15,17,19H,9-10,12H2,1-6H3,(H,23,24). The summed E-state index contributed by atoms with van der Waals surface area (Å²) in [7, 11) is -1.59.